The van der Waals surface area contributed by atoms with Crippen molar-refractivity contribution in [3.8, 4) is 5.88 Å². The zero-order chi connectivity index (χ0) is 11.1. The Morgan fingerprint density at radius 1 is 1.47 bits per heavy atom. The molecule has 0 aromatic carbocycles. The molecule has 0 radical (unpaired) electrons. The smallest absolute Gasteiger partial charge is 0.217 e. The molecule has 15 heavy (non-hydrogen) atoms. The van der Waals surface area contributed by atoms with E-state index in [0.29, 0.717) is 31.6 Å². The molecule has 0 fully saturated rings. The molecule has 0 amide bonds. The summed E-state index contributed by atoms with van der Waals surface area (Å²) in [7, 11) is 0. The predicted molar refractivity (Wildman–Crippen MR) is 63.5 cm³/mol. The van der Waals surface area contributed by atoms with Crippen LogP contribution in [-0.4, -0.2) is 24.8 Å². The molecule has 3 nitrogen and oxygen atoms in total. The molecular weight excluding hydrogens is 281 g/mol. The van der Waals surface area contributed by atoms with E-state index >= 15 is 0 Å². The van der Waals surface area contributed by atoms with Gasteiger partial charge in [0, 0.05) is 22.8 Å². The van der Waals surface area contributed by atoms with Gasteiger partial charge in [-0.05, 0) is 28.9 Å². The Hall–Kier alpha value is -0.320. The predicted octanol–water partition coefficient (Wildman–Crippen LogP) is 3.00. The Morgan fingerprint density at radius 2 is 2.27 bits per heavy atom. The standard InChI is InChI=1S/C10H13BrClNO2/c1-2-14-3-4-15-10-8(6-12)5-9(11)7-13-10/h5,7H,2-4,6H2,1H3. The highest BCUT2D eigenvalue weighted by Crippen LogP contribution is 2.21. The van der Waals surface area contributed by atoms with Gasteiger partial charge in [0.1, 0.15) is 6.61 Å². The Balaban J connectivity index is 2.52. The van der Waals surface area contributed by atoms with Crippen molar-refractivity contribution in [2.45, 2.75) is 12.8 Å². The van der Waals surface area contributed by atoms with E-state index in [9.17, 15) is 0 Å². The van der Waals surface area contributed by atoms with E-state index in [4.69, 9.17) is 21.1 Å². The van der Waals surface area contributed by atoms with E-state index in [2.05, 4.69) is 20.9 Å². The van der Waals surface area contributed by atoms with E-state index in [1.165, 1.54) is 0 Å². The van der Waals surface area contributed by atoms with Crippen LogP contribution < -0.4 is 4.74 Å². The van der Waals surface area contributed by atoms with E-state index < -0.39 is 0 Å². The second-order valence-corrected chi connectivity index (χ2v) is 3.98. The van der Waals surface area contributed by atoms with Crippen LogP contribution >= 0.6 is 27.5 Å². The number of pyridine rings is 1. The average Bonchev–Trinajstić information content (AvgIpc) is 2.26. The van der Waals surface area contributed by atoms with Crippen molar-refractivity contribution in [1.29, 1.82) is 0 Å². The molecule has 0 spiro atoms. The lowest BCUT2D eigenvalue weighted by Gasteiger charge is -2.08. The number of halogens is 2. The van der Waals surface area contributed by atoms with Crippen LogP contribution in [-0.2, 0) is 10.6 Å². The Morgan fingerprint density at radius 3 is 2.93 bits per heavy atom. The third-order valence-corrected chi connectivity index (χ3v) is 2.43. The minimum atomic E-state index is 0.385. The molecule has 0 aliphatic carbocycles. The number of hydrogen-bond donors (Lipinski definition) is 0. The molecule has 0 saturated carbocycles. The van der Waals surface area contributed by atoms with Gasteiger partial charge in [0.2, 0.25) is 5.88 Å². The summed E-state index contributed by atoms with van der Waals surface area (Å²) in [5.41, 5.74) is 0.877. The number of rotatable bonds is 6. The molecule has 1 rings (SSSR count). The molecule has 0 aliphatic heterocycles. The normalized spacial score (nSPS) is 10.3. The third kappa shape index (κ3) is 4.36. The fraction of sp³-hybridized carbons (Fsp3) is 0.500. The van der Waals surface area contributed by atoms with Crippen LogP contribution in [0, 0.1) is 0 Å². The number of aromatic nitrogens is 1. The minimum absolute atomic E-state index is 0.385. The topological polar surface area (TPSA) is 31.4 Å². The van der Waals surface area contributed by atoms with Crippen LogP contribution in [0.5, 0.6) is 5.88 Å². The fourth-order valence-corrected chi connectivity index (χ4v) is 1.61. The maximum atomic E-state index is 5.77. The Kier molecular flexibility index (Phi) is 5.98. The van der Waals surface area contributed by atoms with Crippen molar-refractivity contribution in [3.05, 3.63) is 22.3 Å². The highest BCUT2D eigenvalue weighted by Gasteiger charge is 2.04. The molecule has 1 aromatic rings. The van der Waals surface area contributed by atoms with Crippen molar-refractivity contribution < 1.29 is 9.47 Å². The van der Waals surface area contributed by atoms with Gasteiger partial charge in [-0.3, -0.25) is 0 Å². The first-order chi connectivity index (χ1) is 7.27. The summed E-state index contributed by atoms with van der Waals surface area (Å²) in [6.45, 7) is 3.70. The van der Waals surface area contributed by atoms with Gasteiger partial charge < -0.3 is 9.47 Å². The largest absolute Gasteiger partial charge is 0.475 e. The zero-order valence-electron chi connectivity index (χ0n) is 8.50. The number of alkyl halides is 1. The monoisotopic (exact) mass is 293 g/mol. The molecule has 0 bridgehead atoms. The zero-order valence-corrected chi connectivity index (χ0v) is 10.8. The highest BCUT2D eigenvalue weighted by atomic mass is 79.9. The van der Waals surface area contributed by atoms with Gasteiger partial charge in [0.25, 0.3) is 0 Å². The highest BCUT2D eigenvalue weighted by molar-refractivity contribution is 9.10. The Labute approximate surface area is 103 Å². The lowest BCUT2D eigenvalue weighted by Crippen LogP contribution is -2.08. The third-order valence-electron chi connectivity index (χ3n) is 1.71. The van der Waals surface area contributed by atoms with Crippen LogP contribution in [0.2, 0.25) is 0 Å². The fourth-order valence-electron chi connectivity index (χ4n) is 1.04. The molecule has 0 saturated heterocycles. The molecular formula is C10H13BrClNO2. The summed E-state index contributed by atoms with van der Waals surface area (Å²) in [6.07, 6.45) is 1.69. The quantitative estimate of drug-likeness (QED) is 0.597. The summed E-state index contributed by atoms with van der Waals surface area (Å²) >= 11 is 9.10. The van der Waals surface area contributed by atoms with Gasteiger partial charge in [0.15, 0.2) is 0 Å². The van der Waals surface area contributed by atoms with Crippen molar-refractivity contribution in [2.75, 3.05) is 19.8 Å². The molecule has 0 aliphatic rings. The minimum Gasteiger partial charge on any atom is -0.475 e. The lowest BCUT2D eigenvalue weighted by molar-refractivity contribution is 0.108. The first-order valence-corrected chi connectivity index (χ1v) is 6.01. The Bertz CT molecular complexity index is 309. The molecule has 0 N–H and O–H groups in total. The van der Waals surface area contributed by atoms with Gasteiger partial charge in [-0.15, -0.1) is 11.6 Å². The molecule has 84 valence electrons. The van der Waals surface area contributed by atoms with Crippen LogP contribution in [0.25, 0.3) is 0 Å². The van der Waals surface area contributed by atoms with Gasteiger partial charge >= 0.3 is 0 Å². The molecule has 5 heteroatoms. The number of nitrogens with zero attached hydrogens (tertiary/aromatic N) is 1. The van der Waals surface area contributed by atoms with E-state index in [1.54, 1.807) is 6.20 Å². The van der Waals surface area contributed by atoms with Crippen LogP contribution in [0.3, 0.4) is 0 Å². The van der Waals surface area contributed by atoms with Gasteiger partial charge in [-0.2, -0.15) is 0 Å². The molecule has 1 heterocycles. The van der Waals surface area contributed by atoms with Gasteiger partial charge in [0.05, 0.1) is 12.5 Å². The second kappa shape index (κ2) is 7.04. The molecule has 1 aromatic heterocycles. The van der Waals surface area contributed by atoms with Crippen molar-refractivity contribution in [2.24, 2.45) is 0 Å². The first-order valence-electron chi connectivity index (χ1n) is 4.68. The summed E-state index contributed by atoms with van der Waals surface area (Å²) in [4.78, 5) is 4.14. The van der Waals surface area contributed by atoms with E-state index in [0.717, 1.165) is 10.0 Å². The summed E-state index contributed by atoms with van der Waals surface area (Å²) in [5.74, 6) is 0.962. The number of hydrogen-bond acceptors (Lipinski definition) is 3. The van der Waals surface area contributed by atoms with Crippen LogP contribution in [0.4, 0.5) is 0 Å². The second-order valence-electron chi connectivity index (χ2n) is 2.80. The van der Waals surface area contributed by atoms with E-state index in [-0.39, 0.29) is 0 Å². The summed E-state index contributed by atoms with van der Waals surface area (Å²) < 4.78 is 11.5. The van der Waals surface area contributed by atoms with Crippen LogP contribution in [0.15, 0.2) is 16.7 Å². The van der Waals surface area contributed by atoms with E-state index in [1.807, 2.05) is 13.0 Å². The summed E-state index contributed by atoms with van der Waals surface area (Å²) in [6, 6.07) is 1.90. The van der Waals surface area contributed by atoms with Gasteiger partial charge in [-0.25, -0.2) is 4.98 Å². The average molecular weight is 295 g/mol. The number of ether oxygens (including phenoxy) is 2. The summed E-state index contributed by atoms with van der Waals surface area (Å²) in [5, 5.41) is 0. The first kappa shape index (κ1) is 12.7. The van der Waals surface area contributed by atoms with Crippen molar-refractivity contribution in [3.63, 3.8) is 0 Å². The maximum absolute atomic E-state index is 5.77. The van der Waals surface area contributed by atoms with Crippen molar-refractivity contribution in [1.82, 2.24) is 4.98 Å². The maximum Gasteiger partial charge on any atom is 0.217 e. The molecule has 0 unspecified atom stereocenters. The van der Waals surface area contributed by atoms with Crippen molar-refractivity contribution >= 4 is 27.5 Å². The SMILES string of the molecule is CCOCCOc1ncc(Br)cc1CCl. The lowest BCUT2D eigenvalue weighted by atomic mass is 10.3. The van der Waals surface area contributed by atoms with Crippen LogP contribution in [0.1, 0.15) is 12.5 Å². The molecule has 0 atom stereocenters. The van der Waals surface area contributed by atoms with Gasteiger partial charge in [-0.1, -0.05) is 0 Å².